The number of hydrogen-bond acceptors (Lipinski definition) is 4. The number of rotatable bonds is 2. The van der Waals surface area contributed by atoms with Crippen molar-refractivity contribution in [3.05, 3.63) is 23.2 Å². The Labute approximate surface area is 127 Å². The third-order valence-corrected chi connectivity index (χ3v) is 2.99. The summed E-state index contributed by atoms with van der Waals surface area (Å²) in [5, 5.41) is 0.0883. The zero-order chi connectivity index (χ0) is 16.3. The van der Waals surface area contributed by atoms with Gasteiger partial charge >= 0.3 is 0 Å². The Hall–Kier alpha value is -2.21. The van der Waals surface area contributed by atoms with Gasteiger partial charge in [0, 0.05) is 27.7 Å². The maximum absolute atomic E-state index is 11.5. The van der Waals surface area contributed by atoms with E-state index in [0.717, 1.165) is 9.80 Å². The van der Waals surface area contributed by atoms with Crippen LogP contribution in [0.3, 0.4) is 0 Å². The highest BCUT2D eigenvalue weighted by atomic mass is 35.5. The normalized spacial score (nSPS) is 9.95. The molecule has 0 aliphatic carbocycles. The van der Waals surface area contributed by atoms with Gasteiger partial charge in [0.25, 0.3) is 0 Å². The lowest BCUT2D eigenvalue weighted by Crippen LogP contribution is -2.34. The number of imide groups is 2. The molecule has 21 heavy (non-hydrogen) atoms. The van der Waals surface area contributed by atoms with Gasteiger partial charge in [-0.25, -0.2) is 4.90 Å². The second kappa shape index (κ2) is 6.49. The fourth-order valence-electron chi connectivity index (χ4n) is 1.96. The average Bonchev–Trinajstić information content (AvgIpc) is 2.30. The third kappa shape index (κ3) is 3.66. The Morgan fingerprint density at radius 2 is 1.24 bits per heavy atom. The zero-order valence-electron chi connectivity index (χ0n) is 12.1. The van der Waals surface area contributed by atoms with Crippen molar-refractivity contribution in [2.45, 2.75) is 27.7 Å². The first-order valence-corrected chi connectivity index (χ1v) is 6.46. The number of anilines is 2. The second-order valence-corrected chi connectivity index (χ2v) is 4.79. The lowest BCUT2D eigenvalue weighted by atomic mass is 10.2. The lowest BCUT2D eigenvalue weighted by molar-refractivity contribution is -0.125. The minimum Gasteiger partial charge on any atom is -0.274 e. The highest BCUT2D eigenvalue weighted by molar-refractivity contribution is 6.35. The van der Waals surface area contributed by atoms with Gasteiger partial charge in [0.2, 0.25) is 23.6 Å². The molecule has 0 radical (unpaired) electrons. The molecular weight excluding hydrogens is 296 g/mol. The summed E-state index contributed by atoms with van der Waals surface area (Å²) < 4.78 is 0. The first-order valence-electron chi connectivity index (χ1n) is 6.09. The first kappa shape index (κ1) is 16.8. The summed E-state index contributed by atoms with van der Waals surface area (Å²) in [6.07, 6.45) is 0. The molecule has 0 aromatic heterocycles. The predicted molar refractivity (Wildman–Crippen MR) is 79.1 cm³/mol. The van der Waals surface area contributed by atoms with Gasteiger partial charge in [-0.3, -0.25) is 24.1 Å². The molecule has 0 spiro atoms. The molecule has 0 aliphatic heterocycles. The van der Waals surface area contributed by atoms with E-state index in [1.807, 2.05) is 0 Å². The van der Waals surface area contributed by atoms with Crippen LogP contribution in [-0.4, -0.2) is 23.6 Å². The van der Waals surface area contributed by atoms with Crippen LogP contribution in [0, 0.1) is 0 Å². The van der Waals surface area contributed by atoms with Gasteiger partial charge in [0.1, 0.15) is 0 Å². The van der Waals surface area contributed by atoms with Gasteiger partial charge in [-0.15, -0.1) is 0 Å². The van der Waals surface area contributed by atoms with Crippen molar-refractivity contribution < 1.29 is 19.2 Å². The highest BCUT2D eigenvalue weighted by Crippen LogP contribution is 2.31. The van der Waals surface area contributed by atoms with Crippen LogP contribution in [0.15, 0.2) is 18.2 Å². The molecule has 1 aromatic rings. The molecule has 1 rings (SSSR count). The number of nitrogens with zero attached hydrogens (tertiary/aromatic N) is 2. The second-order valence-electron chi connectivity index (χ2n) is 4.38. The summed E-state index contributed by atoms with van der Waals surface area (Å²) in [4.78, 5) is 47.8. The molecule has 6 nitrogen and oxygen atoms in total. The molecule has 0 bridgehead atoms. The SMILES string of the molecule is CC(=O)N(C(C)=O)c1ccc(N(C(C)=O)C(C)=O)c(Cl)c1. The number of carbonyl (C=O) groups excluding carboxylic acids is 4. The molecule has 0 aliphatic rings. The van der Waals surface area contributed by atoms with Crippen LogP contribution in [-0.2, 0) is 19.2 Å². The van der Waals surface area contributed by atoms with E-state index in [9.17, 15) is 19.2 Å². The van der Waals surface area contributed by atoms with Crippen LogP contribution in [0.2, 0.25) is 5.02 Å². The van der Waals surface area contributed by atoms with Crippen LogP contribution in [0.4, 0.5) is 11.4 Å². The van der Waals surface area contributed by atoms with Crippen LogP contribution in [0.5, 0.6) is 0 Å². The van der Waals surface area contributed by atoms with E-state index in [4.69, 9.17) is 11.6 Å². The number of carbonyl (C=O) groups is 4. The monoisotopic (exact) mass is 310 g/mol. The first-order chi connectivity index (χ1) is 9.66. The molecule has 4 amide bonds. The van der Waals surface area contributed by atoms with Crippen LogP contribution < -0.4 is 9.80 Å². The summed E-state index contributed by atoms with van der Waals surface area (Å²) in [6, 6.07) is 4.22. The highest BCUT2D eigenvalue weighted by Gasteiger charge is 2.22. The minimum absolute atomic E-state index is 0.0883. The summed E-state index contributed by atoms with van der Waals surface area (Å²) in [7, 11) is 0. The summed E-state index contributed by atoms with van der Waals surface area (Å²) in [5.74, 6) is -1.87. The van der Waals surface area contributed by atoms with Crippen molar-refractivity contribution in [1.29, 1.82) is 0 Å². The largest absolute Gasteiger partial charge is 0.274 e. The number of hydrogen-bond donors (Lipinski definition) is 0. The maximum atomic E-state index is 11.5. The Balaban J connectivity index is 3.33. The van der Waals surface area contributed by atoms with Gasteiger partial charge in [0.15, 0.2) is 0 Å². The third-order valence-electron chi connectivity index (χ3n) is 2.69. The summed E-state index contributed by atoms with van der Waals surface area (Å²) in [6.45, 7) is 4.98. The topological polar surface area (TPSA) is 74.8 Å². The lowest BCUT2D eigenvalue weighted by Gasteiger charge is -2.22. The van der Waals surface area contributed by atoms with E-state index in [-0.39, 0.29) is 16.4 Å². The van der Waals surface area contributed by atoms with Gasteiger partial charge in [-0.2, -0.15) is 0 Å². The summed E-state index contributed by atoms with van der Waals surface area (Å²) in [5.41, 5.74) is 0.475. The zero-order valence-corrected chi connectivity index (χ0v) is 12.9. The number of benzene rings is 1. The average molecular weight is 311 g/mol. The predicted octanol–water partition coefficient (Wildman–Crippen LogP) is 2.14. The van der Waals surface area contributed by atoms with Crippen molar-refractivity contribution in [1.82, 2.24) is 0 Å². The molecule has 0 heterocycles. The van der Waals surface area contributed by atoms with Crippen LogP contribution in [0.1, 0.15) is 27.7 Å². The van der Waals surface area contributed by atoms with Crippen molar-refractivity contribution in [2.75, 3.05) is 9.80 Å². The Kier molecular flexibility index (Phi) is 5.21. The Bertz CT molecular complexity index is 599. The van der Waals surface area contributed by atoms with E-state index >= 15 is 0 Å². The molecule has 0 saturated heterocycles. The Morgan fingerprint density at radius 1 is 0.810 bits per heavy atom. The fraction of sp³-hybridized carbons (Fsp3) is 0.286. The molecule has 0 atom stereocenters. The molecule has 112 valence electrons. The van der Waals surface area contributed by atoms with Crippen molar-refractivity contribution in [2.24, 2.45) is 0 Å². The van der Waals surface area contributed by atoms with Crippen LogP contribution >= 0.6 is 11.6 Å². The number of amides is 4. The van der Waals surface area contributed by atoms with E-state index in [2.05, 4.69) is 0 Å². The van der Waals surface area contributed by atoms with Crippen LogP contribution in [0.25, 0.3) is 0 Å². The molecule has 0 saturated carbocycles. The van der Waals surface area contributed by atoms with Crippen molar-refractivity contribution >= 4 is 46.6 Å². The maximum Gasteiger partial charge on any atom is 0.230 e. The molecule has 1 aromatic carbocycles. The molecule has 7 heteroatoms. The fourth-order valence-corrected chi connectivity index (χ4v) is 2.22. The smallest absolute Gasteiger partial charge is 0.230 e. The van der Waals surface area contributed by atoms with E-state index in [1.54, 1.807) is 0 Å². The van der Waals surface area contributed by atoms with E-state index in [1.165, 1.54) is 45.9 Å². The molecule has 0 unspecified atom stereocenters. The summed E-state index contributed by atoms with van der Waals surface area (Å²) >= 11 is 6.07. The molecule has 0 fully saturated rings. The number of halogens is 1. The van der Waals surface area contributed by atoms with Gasteiger partial charge < -0.3 is 0 Å². The van der Waals surface area contributed by atoms with E-state index < -0.39 is 23.6 Å². The molecule has 0 N–H and O–H groups in total. The van der Waals surface area contributed by atoms with Gasteiger partial charge in [-0.1, -0.05) is 11.6 Å². The van der Waals surface area contributed by atoms with Crippen molar-refractivity contribution in [3.8, 4) is 0 Å². The van der Waals surface area contributed by atoms with Gasteiger partial charge in [0.05, 0.1) is 16.4 Å². The molecular formula is C14H15ClN2O4. The quantitative estimate of drug-likeness (QED) is 0.838. The van der Waals surface area contributed by atoms with Crippen molar-refractivity contribution in [3.63, 3.8) is 0 Å². The standard InChI is InChI=1S/C14H15ClN2O4/c1-8(18)16(9(2)19)12-5-6-14(13(15)7-12)17(10(3)20)11(4)21/h5-7H,1-4H3. The minimum atomic E-state index is -0.479. The Morgan fingerprint density at radius 3 is 1.57 bits per heavy atom. The van der Waals surface area contributed by atoms with Gasteiger partial charge in [-0.05, 0) is 18.2 Å². The van der Waals surface area contributed by atoms with E-state index in [0.29, 0.717) is 0 Å².